The number of fused-ring (bicyclic) bond motifs is 1. The van der Waals surface area contributed by atoms with E-state index in [1.807, 2.05) is 18.2 Å². The van der Waals surface area contributed by atoms with Crippen molar-refractivity contribution < 1.29 is 4.39 Å². The number of halogens is 2. The molecule has 3 rings (SSSR count). The fourth-order valence-electron chi connectivity index (χ4n) is 2.41. The largest absolute Gasteiger partial charge is 0.342 e. The van der Waals surface area contributed by atoms with Gasteiger partial charge < -0.3 is 10.3 Å². The van der Waals surface area contributed by atoms with E-state index >= 15 is 0 Å². The molecule has 0 atom stereocenters. The first kappa shape index (κ1) is 13.3. The molecule has 1 heterocycles. The van der Waals surface area contributed by atoms with E-state index in [1.165, 1.54) is 11.5 Å². The van der Waals surface area contributed by atoms with Crippen molar-refractivity contribution in [2.45, 2.75) is 13.1 Å². The van der Waals surface area contributed by atoms with E-state index in [-0.39, 0.29) is 12.4 Å². The molecule has 2 N–H and O–H groups in total. The molecule has 0 aliphatic carbocycles. The minimum atomic E-state index is -0.241. The number of rotatable bonds is 3. The Hall–Kier alpha value is -1.65. The predicted octanol–water partition coefficient (Wildman–Crippen LogP) is 4.05. The maximum Gasteiger partial charge on any atom is 0.127 e. The van der Waals surface area contributed by atoms with Gasteiger partial charge in [0, 0.05) is 40.2 Å². The molecular formula is C16H14BrFN2. The number of nitrogens with two attached hydrogens (primary N) is 1. The number of hydrogen-bond donors (Lipinski definition) is 1. The highest BCUT2D eigenvalue weighted by atomic mass is 79.9. The normalized spacial score (nSPS) is 11.2. The Balaban J connectivity index is 2.01. The zero-order valence-electron chi connectivity index (χ0n) is 10.8. The fourth-order valence-corrected chi connectivity index (χ4v) is 2.99. The first-order valence-electron chi connectivity index (χ1n) is 6.40. The second kappa shape index (κ2) is 5.38. The van der Waals surface area contributed by atoms with Gasteiger partial charge in [-0.15, -0.1) is 0 Å². The van der Waals surface area contributed by atoms with Gasteiger partial charge in [0.05, 0.1) is 0 Å². The van der Waals surface area contributed by atoms with Crippen molar-refractivity contribution in [1.29, 1.82) is 0 Å². The molecule has 0 aliphatic rings. The monoisotopic (exact) mass is 332 g/mol. The second-order valence-corrected chi connectivity index (χ2v) is 5.61. The summed E-state index contributed by atoms with van der Waals surface area (Å²) in [7, 11) is 0. The fraction of sp³-hybridized carbons (Fsp3) is 0.125. The lowest BCUT2D eigenvalue weighted by atomic mass is 10.1. The lowest BCUT2D eigenvalue weighted by Crippen LogP contribution is -2.03. The minimum absolute atomic E-state index is 0.218. The average Bonchev–Trinajstić information content (AvgIpc) is 2.78. The summed E-state index contributed by atoms with van der Waals surface area (Å²) in [6.45, 7) is 0.912. The molecule has 2 nitrogen and oxygen atoms in total. The van der Waals surface area contributed by atoms with Crippen LogP contribution in [0.15, 0.2) is 53.1 Å². The lowest BCUT2D eigenvalue weighted by Gasteiger charge is -2.08. The second-order valence-electron chi connectivity index (χ2n) is 4.75. The van der Waals surface area contributed by atoms with Gasteiger partial charge in [0.25, 0.3) is 0 Å². The maximum atomic E-state index is 13.5. The van der Waals surface area contributed by atoms with E-state index in [9.17, 15) is 4.39 Å². The quantitative estimate of drug-likeness (QED) is 0.770. The van der Waals surface area contributed by atoms with Crippen LogP contribution in [0.5, 0.6) is 0 Å². The Bertz CT molecular complexity index is 764. The van der Waals surface area contributed by atoms with Crippen LogP contribution in [-0.4, -0.2) is 4.57 Å². The molecule has 0 saturated heterocycles. The smallest absolute Gasteiger partial charge is 0.127 e. The first-order chi connectivity index (χ1) is 9.69. The number of benzene rings is 2. The highest BCUT2D eigenvalue weighted by molar-refractivity contribution is 9.10. The molecule has 0 unspecified atom stereocenters. The van der Waals surface area contributed by atoms with Crippen molar-refractivity contribution in [3.05, 3.63) is 70.1 Å². The number of hydrogen-bond acceptors (Lipinski definition) is 1. The van der Waals surface area contributed by atoms with Gasteiger partial charge in [-0.05, 0) is 39.7 Å². The zero-order valence-corrected chi connectivity index (χ0v) is 12.4. The van der Waals surface area contributed by atoms with Crippen LogP contribution in [0.25, 0.3) is 10.9 Å². The molecule has 0 bridgehead atoms. The first-order valence-corrected chi connectivity index (χ1v) is 7.19. The van der Waals surface area contributed by atoms with Crippen molar-refractivity contribution in [2.24, 2.45) is 5.73 Å². The van der Waals surface area contributed by atoms with Crippen molar-refractivity contribution >= 4 is 26.8 Å². The van der Waals surface area contributed by atoms with Crippen LogP contribution >= 0.6 is 15.9 Å². The van der Waals surface area contributed by atoms with Gasteiger partial charge in [0.15, 0.2) is 0 Å². The van der Waals surface area contributed by atoms with E-state index in [4.69, 9.17) is 5.73 Å². The molecule has 3 aromatic rings. The third kappa shape index (κ3) is 2.37. The molecular weight excluding hydrogens is 319 g/mol. The molecule has 0 saturated carbocycles. The highest BCUT2D eigenvalue weighted by Crippen LogP contribution is 2.26. The summed E-state index contributed by atoms with van der Waals surface area (Å²) in [6, 6.07) is 13.3. The highest BCUT2D eigenvalue weighted by Gasteiger charge is 2.07. The van der Waals surface area contributed by atoms with Gasteiger partial charge >= 0.3 is 0 Å². The molecule has 4 heteroatoms. The van der Waals surface area contributed by atoms with E-state index in [2.05, 4.69) is 38.8 Å². The Morgan fingerprint density at radius 2 is 1.95 bits per heavy atom. The van der Waals surface area contributed by atoms with Crippen LogP contribution in [0, 0.1) is 5.82 Å². The molecule has 0 radical (unpaired) electrons. The summed E-state index contributed by atoms with van der Waals surface area (Å²) in [4.78, 5) is 0. The molecule has 2 aromatic carbocycles. The van der Waals surface area contributed by atoms with Crippen LogP contribution in [-0.2, 0) is 13.1 Å². The molecule has 102 valence electrons. The third-order valence-corrected chi connectivity index (χ3v) is 4.05. The minimum Gasteiger partial charge on any atom is -0.342 e. The van der Waals surface area contributed by atoms with Gasteiger partial charge in [-0.2, -0.15) is 0 Å². The maximum absolute atomic E-state index is 13.5. The van der Waals surface area contributed by atoms with Crippen molar-refractivity contribution in [3.63, 3.8) is 0 Å². The summed E-state index contributed by atoms with van der Waals surface area (Å²) < 4.78 is 16.7. The van der Waals surface area contributed by atoms with Crippen LogP contribution in [0.1, 0.15) is 11.1 Å². The van der Waals surface area contributed by atoms with Crippen molar-refractivity contribution in [1.82, 2.24) is 4.57 Å². The van der Waals surface area contributed by atoms with Crippen LogP contribution in [0.4, 0.5) is 4.39 Å². The van der Waals surface area contributed by atoms with E-state index < -0.39 is 0 Å². The van der Waals surface area contributed by atoms with Crippen LogP contribution in [0.3, 0.4) is 0 Å². The van der Waals surface area contributed by atoms with Gasteiger partial charge in [-0.1, -0.05) is 24.3 Å². The number of para-hydroxylation sites is 1. The molecule has 0 spiro atoms. The SMILES string of the molecule is NCc1cc(Cn2cc(Br)c3ccccc32)ccc1F. The number of aromatic nitrogens is 1. The van der Waals surface area contributed by atoms with Crippen LogP contribution < -0.4 is 5.73 Å². The summed E-state index contributed by atoms with van der Waals surface area (Å²) in [5, 5.41) is 1.17. The zero-order chi connectivity index (χ0) is 14.1. The van der Waals surface area contributed by atoms with E-state index in [0.29, 0.717) is 12.1 Å². The molecule has 0 fully saturated rings. The van der Waals surface area contributed by atoms with Crippen LogP contribution in [0.2, 0.25) is 0 Å². The predicted molar refractivity (Wildman–Crippen MR) is 83.0 cm³/mol. The third-order valence-electron chi connectivity index (χ3n) is 3.42. The summed E-state index contributed by atoms with van der Waals surface area (Å²) >= 11 is 3.57. The van der Waals surface area contributed by atoms with Crippen molar-refractivity contribution in [3.8, 4) is 0 Å². The van der Waals surface area contributed by atoms with Crippen molar-refractivity contribution in [2.75, 3.05) is 0 Å². The number of nitrogens with zero attached hydrogens (tertiary/aromatic N) is 1. The Morgan fingerprint density at radius 1 is 1.15 bits per heavy atom. The molecule has 0 aliphatic heterocycles. The van der Waals surface area contributed by atoms with Gasteiger partial charge in [-0.3, -0.25) is 0 Å². The Kier molecular flexibility index (Phi) is 3.59. The topological polar surface area (TPSA) is 30.9 Å². The van der Waals surface area contributed by atoms with Gasteiger partial charge in [0.2, 0.25) is 0 Å². The van der Waals surface area contributed by atoms with E-state index in [0.717, 1.165) is 15.6 Å². The van der Waals surface area contributed by atoms with Gasteiger partial charge in [-0.25, -0.2) is 4.39 Å². The Labute approximate surface area is 125 Å². The van der Waals surface area contributed by atoms with E-state index in [1.54, 1.807) is 6.07 Å². The molecule has 0 amide bonds. The molecule has 20 heavy (non-hydrogen) atoms. The average molecular weight is 333 g/mol. The summed E-state index contributed by atoms with van der Waals surface area (Å²) in [5.41, 5.74) is 8.30. The Morgan fingerprint density at radius 3 is 2.75 bits per heavy atom. The molecule has 1 aromatic heterocycles. The van der Waals surface area contributed by atoms with Gasteiger partial charge in [0.1, 0.15) is 5.82 Å². The summed E-state index contributed by atoms with van der Waals surface area (Å²) in [6.07, 6.45) is 2.05. The lowest BCUT2D eigenvalue weighted by molar-refractivity contribution is 0.609. The standard InChI is InChI=1S/C16H14BrFN2/c17-14-10-20(16-4-2-1-3-13(14)16)9-11-5-6-15(18)12(7-11)8-19/h1-7,10H,8-9,19H2. The summed E-state index contributed by atoms with van der Waals surface area (Å²) in [5.74, 6) is -0.241.